The minimum Gasteiger partial charge on any atom is -0.305 e. The third kappa shape index (κ3) is 2.97. The van der Waals surface area contributed by atoms with Gasteiger partial charge >= 0.3 is 0 Å². The second-order valence-electron chi connectivity index (χ2n) is 4.30. The number of thiophene rings is 2. The predicted molar refractivity (Wildman–Crippen MR) is 78.2 cm³/mol. The van der Waals surface area contributed by atoms with Crippen LogP contribution in [-0.4, -0.2) is 6.54 Å². The summed E-state index contributed by atoms with van der Waals surface area (Å²) < 4.78 is 0. The van der Waals surface area contributed by atoms with Crippen LogP contribution in [0.25, 0.3) is 0 Å². The van der Waals surface area contributed by atoms with Crippen LogP contribution in [0.3, 0.4) is 0 Å². The van der Waals surface area contributed by atoms with Gasteiger partial charge in [0.05, 0.1) is 6.04 Å². The van der Waals surface area contributed by atoms with E-state index in [0.717, 1.165) is 6.54 Å². The van der Waals surface area contributed by atoms with E-state index in [0.29, 0.717) is 6.04 Å². The van der Waals surface area contributed by atoms with Crippen molar-refractivity contribution in [2.45, 2.75) is 33.2 Å². The van der Waals surface area contributed by atoms with E-state index in [-0.39, 0.29) is 0 Å². The van der Waals surface area contributed by atoms with Crippen LogP contribution in [0.1, 0.15) is 39.6 Å². The van der Waals surface area contributed by atoms with E-state index in [1.807, 2.05) is 22.7 Å². The topological polar surface area (TPSA) is 12.0 Å². The monoisotopic (exact) mass is 265 g/mol. The Labute approximate surface area is 112 Å². The molecule has 17 heavy (non-hydrogen) atoms. The third-order valence-electron chi connectivity index (χ3n) is 2.81. The summed E-state index contributed by atoms with van der Waals surface area (Å²) in [5, 5.41) is 5.85. The van der Waals surface area contributed by atoms with Crippen LogP contribution < -0.4 is 5.32 Å². The van der Waals surface area contributed by atoms with Crippen molar-refractivity contribution >= 4 is 22.7 Å². The first kappa shape index (κ1) is 12.8. The fourth-order valence-corrected chi connectivity index (χ4v) is 3.96. The largest absolute Gasteiger partial charge is 0.305 e. The van der Waals surface area contributed by atoms with E-state index in [2.05, 4.69) is 49.7 Å². The molecule has 0 radical (unpaired) electrons. The molecule has 1 atom stereocenters. The van der Waals surface area contributed by atoms with Gasteiger partial charge in [-0.15, -0.1) is 22.7 Å². The van der Waals surface area contributed by atoms with Gasteiger partial charge in [0, 0.05) is 14.6 Å². The molecule has 1 unspecified atom stereocenters. The molecule has 92 valence electrons. The minimum atomic E-state index is 0.383. The molecule has 0 amide bonds. The molecule has 0 aliphatic carbocycles. The van der Waals surface area contributed by atoms with Gasteiger partial charge in [0.1, 0.15) is 0 Å². The summed E-state index contributed by atoms with van der Waals surface area (Å²) in [6.45, 7) is 7.66. The summed E-state index contributed by atoms with van der Waals surface area (Å²) in [5.74, 6) is 0. The highest BCUT2D eigenvalue weighted by molar-refractivity contribution is 7.13. The zero-order valence-electron chi connectivity index (χ0n) is 10.6. The van der Waals surface area contributed by atoms with Crippen LogP contribution >= 0.6 is 22.7 Å². The lowest BCUT2D eigenvalue weighted by Gasteiger charge is -2.16. The molecule has 0 fully saturated rings. The Morgan fingerprint density at radius 3 is 2.59 bits per heavy atom. The predicted octanol–water partition coefficient (Wildman–Crippen LogP) is 4.52. The average molecular weight is 265 g/mol. The van der Waals surface area contributed by atoms with Gasteiger partial charge in [-0.1, -0.05) is 6.92 Å². The fourth-order valence-electron chi connectivity index (χ4n) is 1.90. The molecular weight excluding hydrogens is 246 g/mol. The molecule has 0 spiro atoms. The van der Waals surface area contributed by atoms with E-state index in [9.17, 15) is 0 Å². The van der Waals surface area contributed by atoms with Crippen molar-refractivity contribution < 1.29 is 0 Å². The molecule has 2 aromatic rings. The molecule has 2 rings (SSSR count). The average Bonchev–Trinajstić information content (AvgIpc) is 2.90. The van der Waals surface area contributed by atoms with Crippen molar-refractivity contribution in [3.63, 3.8) is 0 Å². The first-order valence-electron chi connectivity index (χ1n) is 6.06. The van der Waals surface area contributed by atoms with Gasteiger partial charge in [-0.05, 0) is 56.0 Å². The van der Waals surface area contributed by atoms with Crippen molar-refractivity contribution in [1.29, 1.82) is 0 Å². The Kier molecular flexibility index (Phi) is 4.37. The van der Waals surface area contributed by atoms with Gasteiger partial charge in [0.25, 0.3) is 0 Å². The highest BCUT2D eigenvalue weighted by Gasteiger charge is 2.17. The van der Waals surface area contributed by atoms with Crippen LogP contribution in [-0.2, 0) is 0 Å². The molecule has 0 saturated carbocycles. The van der Waals surface area contributed by atoms with Gasteiger partial charge in [-0.2, -0.15) is 0 Å². The normalized spacial score (nSPS) is 12.9. The molecule has 3 heteroatoms. The van der Waals surface area contributed by atoms with E-state index in [1.54, 1.807) is 0 Å². The van der Waals surface area contributed by atoms with Gasteiger partial charge < -0.3 is 5.32 Å². The second-order valence-corrected chi connectivity index (χ2v) is 6.57. The van der Waals surface area contributed by atoms with E-state index >= 15 is 0 Å². The summed E-state index contributed by atoms with van der Waals surface area (Å²) in [6, 6.07) is 7.06. The Bertz CT molecular complexity index is 470. The first-order chi connectivity index (χ1) is 8.22. The molecule has 2 heterocycles. The zero-order valence-corrected chi connectivity index (χ0v) is 12.3. The Morgan fingerprint density at radius 1 is 1.24 bits per heavy atom. The van der Waals surface area contributed by atoms with Crippen LogP contribution in [0.5, 0.6) is 0 Å². The summed E-state index contributed by atoms with van der Waals surface area (Å²) >= 11 is 3.75. The third-order valence-corrected chi connectivity index (χ3v) is 4.96. The van der Waals surface area contributed by atoms with Gasteiger partial charge in [-0.3, -0.25) is 0 Å². The van der Waals surface area contributed by atoms with Crippen LogP contribution in [0.15, 0.2) is 23.6 Å². The van der Waals surface area contributed by atoms with E-state index in [1.165, 1.54) is 26.6 Å². The SMILES string of the molecule is CCCNC(c1ccc(C)s1)c1sccc1C. The molecule has 1 N–H and O–H groups in total. The molecule has 1 nitrogen and oxygen atoms in total. The molecule has 0 aliphatic heterocycles. The zero-order chi connectivity index (χ0) is 12.3. The highest BCUT2D eigenvalue weighted by Crippen LogP contribution is 2.33. The summed E-state index contributed by atoms with van der Waals surface area (Å²) in [5.41, 5.74) is 1.40. The minimum absolute atomic E-state index is 0.383. The van der Waals surface area contributed by atoms with E-state index < -0.39 is 0 Å². The van der Waals surface area contributed by atoms with Gasteiger partial charge in [0.15, 0.2) is 0 Å². The van der Waals surface area contributed by atoms with Crippen molar-refractivity contribution in [3.8, 4) is 0 Å². The van der Waals surface area contributed by atoms with Crippen molar-refractivity contribution in [2.75, 3.05) is 6.54 Å². The summed E-state index contributed by atoms with van der Waals surface area (Å²) in [7, 11) is 0. The van der Waals surface area contributed by atoms with Crippen LogP contribution in [0.2, 0.25) is 0 Å². The van der Waals surface area contributed by atoms with Crippen LogP contribution in [0, 0.1) is 13.8 Å². The number of hydrogen-bond acceptors (Lipinski definition) is 3. The summed E-state index contributed by atoms with van der Waals surface area (Å²) in [6.07, 6.45) is 1.17. The molecule has 0 aromatic carbocycles. The molecule has 0 aliphatic rings. The maximum absolute atomic E-state index is 3.66. The summed E-state index contributed by atoms with van der Waals surface area (Å²) in [4.78, 5) is 4.28. The Balaban J connectivity index is 2.28. The van der Waals surface area contributed by atoms with Crippen molar-refractivity contribution in [3.05, 3.63) is 43.8 Å². The lowest BCUT2D eigenvalue weighted by atomic mass is 10.1. The molecular formula is C14H19NS2. The van der Waals surface area contributed by atoms with Crippen molar-refractivity contribution in [1.82, 2.24) is 5.32 Å². The molecule has 0 saturated heterocycles. The fraction of sp³-hybridized carbons (Fsp3) is 0.429. The maximum Gasteiger partial charge on any atom is 0.0767 e. The van der Waals surface area contributed by atoms with Gasteiger partial charge in [-0.25, -0.2) is 0 Å². The lowest BCUT2D eigenvalue weighted by Crippen LogP contribution is -2.22. The first-order valence-corrected chi connectivity index (χ1v) is 7.75. The number of aryl methyl sites for hydroxylation is 2. The lowest BCUT2D eigenvalue weighted by molar-refractivity contribution is 0.611. The number of hydrogen-bond donors (Lipinski definition) is 1. The number of rotatable bonds is 5. The maximum atomic E-state index is 3.66. The number of nitrogens with one attached hydrogen (secondary N) is 1. The molecule has 0 bridgehead atoms. The van der Waals surface area contributed by atoms with E-state index in [4.69, 9.17) is 0 Å². The molecule has 2 aromatic heterocycles. The Morgan fingerprint density at radius 2 is 2.06 bits per heavy atom. The van der Waals surface area contributed by atoms with Crippen molar-refractivity contribution in [2.24, 2.45) is 0 Å². The van der Waals surface area contributed by atoms with Crippen LogP contribution in [0.4, 0.5) is 0 Å². The smallest absolute Gasteiger partial charge is 0.0767 e. The van der Waals surface area contributed by atoms with Gasteiger partial charge in [0.2, 0.25) is 0 Å². The highest BCUT2D eigenvalue weighted by atomic mass is 32.1. The quantitative estimate of drug-likeness (QED) is 0.838. The standard InChI is InChI=1S/C14H19NS2/c1-4-8-15-13(12-6-5-11(3)17-12)14-10(2)7-9-16-14/h5-7,9,13,15H,4,8H2,1-3H3. The second kappa shape index (κ2) is 5.80. The Hall–Kier alpha value is -0.640.